The van der Waals surface area contributed by atoms with Crippen molar-refractivity contribution in [2.45, 2.75) is 13.0 Å². The van der Waals surface area contributed by atoms with Gasteiger partial charge in [0.2, 0.25) is 5.91 Å². The molecule has 2 rings (SSSR count). The molecular formula is C15H21ClN2O3. The lowest BCUT2D eigenvalue weighted by Gasteiger charge is -2.26. The van der Waals surface area contributed by atoms with Crippen LogP contribution >= 0.6 is 11.6 Å². The molecule has 1 saturated heterocycles. The first-order chi connectivity index (χ1) is 10.1. The van der Waals surface area contributed by atoms with E-state index < -0.39 is 5.41 Å². The van der Waals surface area contributed by atoms with Crippen molar-refractivity contribution < 1.29 is 14.3 Å². The number of methoxy groups -OCH3 is 2. The van der Waals surface area contributed by atoms with Gasteiger partial charge in [-0.2, -0.15) is 0 Å². The predicted molar refractivity (Wildman–Crippen MR) is 81.6 cm³/mol. The molecule has 1 aliphatic heterocycles. The summed E-state index contributed by atoms with van der Waals surface area (Å²) in [5.74, 6) is 0.657. The number of amides is 1. The van der Waals surface area contributed by atoms with E-state index in [1.165, 1.54) is 0 Å². The lowest BCUT2D eigenvalue weighted by Crippen LogP contribution is -2.45. The van der Waals surface area contributed by atoms with Crippen molar-refractivity contribution >= 4 is 17.5 Å². The van der Waals surface area contributed by atoms with Crippen molar-refractivity contribution in [3.8, 4) is 5.75 Å². The molecule has 2 N–H and O–H groups in total. The van der Waals surface area contributed by atoms with Crippen LogP contribution in [0, 0.1) is 5.41 Å². The van der Waals surface area contributed by atoms with Crippen molar-refractivity contribution in [1.82, 2.24) is 10.6 Å². The van der Waals surface area contributed by atoms with Crippen LogP contribution in [-0.4, -0.2) is 39.8 Å². The highest BCUT2D eigenvalue weighted by molar-refractivity contribution is 6.31. The van der Waals surface area contributed by atoms with E-state index in [2.05, 4.69) is 10.6 Å². The first kappa shape index (κ1) is 16.1. The van der Waals surface area contributed by atoms with Crippen molar-refractivity contribution in [1.29, 1.82) is 0 Å². The van der Waals surface area contributed by atoms with E-state index in [0.717, 1.165) is 18.5 Å². The molecule has 0 aliphatic carbocycles. The summed E-state index contributed by atoms with van der Waals surface area (Å²) in [6.45, 7) is 2.21. The Morgan fingerprint density at radius 1 is 1.48 bits per heavy atom. The molecule has 116 valence electrons. The summed E-state index contributed by atoms with van der Waals surface area (Å²) in [4.78, 5) is 12.5. The minimum Gasteiger partial charge on any atom is -0.496 e. The van der Waals surface area contributed by atoms with Gasteiger partial charge < -0.3 is 20.1 Å². The average Bonchev–Trinajstić information content (AvgIpc) is 2.95. The van der Waals surface area contributed by atoms with E-state index in [9.17, 15) is 4.79 Å². The molecule has 1 heterocycles. The zero-order valence-electron chi connectivity index (χ0n) is 12.4. The van der Waals surface area contributed by atoms with Gasteiger partial charge in [0, 0.05) is 30.8 Å². The number of halogens is 1. The monoisotopic (exact) mass is 312 g/mol. The third-order valence-electron chi connectivity index (χ3n) is 3.87. The number of hydrogen-bond donors (Lipinski definition) is 2. The molecule has 5 nitrogen and oxygen atoms in total. The maximum absolute atomic E-state index is 12.5. The van der Waals surface area contributed by atoms with Crippen LogP contribution in [-0.2, 0) is 16.1 Å². The normalized spacial score (nSPS) is 21.3. The second-order valence-electron chi connectivity index (χ2n) is 5.24. The number of rotatable bonds is 6. The molecular weight excluding hydrogens is 292 g/mol. The van der Waals surface area contributed by atoms with Crippen LogP contribution in [0.5, 0.6) is 5.75 Å². The summed E-state index contributed by atoms with van der Waals surface area (Å²) in [6, 6.07) is 5.43. The van der Waals surface area contributed by atoms with Crippen molar-refractivity contribution in [3.05, 3.63) is 28.8 Å². The van der Waals surface area contributed by atoms with E-state index >= 15 is 0 Å². The molecule has 6 heteroatoms. The number of ether oxygens (including phenoxy) is 2. The Labute approximate surface area is 130 Å². The first-order valence-corrected chi connectivity index (χ1v) is 7.30. The Hall–Kier alpha value is -1.30. The summed E-state index contributed by atoms with van der Waals surface area (Å²) in [6.07, 6.45) is 0.770. The zero-order valence-corrected chi connectivity index (χ0v) is 13.1. The molecule has 1 aromatic carbocycles. The lowest BCUT2D eigenvalue weighted by atomic mass is 9.87. The maximum atomic E-state index is 12.5. The Balaban J connectivity index is 2.07. The molecule has 0 bridgehead atoms. The Morgan fingerprint density at radius 2 is 2.29 bits per heavy atom. The van der Waals surface area contributed by atoms with Crippen LogP contribution in [0.3, 0.4) is 0 Å². The topological polar surface area (TPSA) is 59.6 Å². The number of nitrogens with one attached hydrogen (secondary N) is 2. The maximum Gasteiger partial charge on any atom is 0.230 e. The SMILES string of the molecule is COCC1(C(=O)NCc2c(Cl)cccc2OC)CCNC1. The van der Waals surface area contributed by atoms with Gasteiger partial charge in [-0.05, 0) is 25.1 Å². The fourth-order valence-electron chi connectivity index (χ4n) is 2.66. The molecule has 0 spiro atoms. The standard InChI is InChI=1S/C15H21ClN2O3/c1-20-10-15(6-7-17-9-15)14(19)18-8-11-12(16)4-3-5-13(11)21-2/h3-5,17H,6-10H2,1-2H3,(H,18,19). The minimum atomic E-state index is -0.497. The summed E-state index contributed by atoms with van der Waals surface area (Å²) < 4.78 is 10.5. The van der Waals surface area contributed by atoms with E-state index in [4.69, 9.17) is 21.1 Å². The molecule has 1 unspecified atom stereocenters. The van der Waals surface area contributed by atoms with Crippen LogP contribution in [0.4, 0.5) is 0 Å². The predicted octanol–water partition coefficient (Wildman–Crippen LogP) is 1.59. The molecule has 0 radical (unpaired) electrons. The lowest BCUT2D eigenvalue weighted by molar-refractivity contribution is -0.133. The number of carbonyl (C=O) groups is 1. The van der Waals surface area contributed by atoms with Gasteiger partial charge in [-0.25, -0.2) is 0 Å². The van der Waals surface area contributed by atoms with Gasteiger partial charge in [-0.3, -0.25) is 4.79 Å². The number of benzene rings is 1. The van der Waals surface area contributed by atoms with Crippen LogP contribution in [0.2, 0.25) is 5.02 Å². The molecule has 0 saturated carbocycles. The third kappa shape index (κ3) is 3.48. The number of carbonyl (C=O) groups excluding carboxylic acids is 1. The molecule has 0 aromatic heterocycles. The van der Waals surface area contributed by atoms with Gasteiger partial charge in [0.1, 0.15) is 5.75 Å². The second kappa shape index (κ2) is 7.11. The van der Waals surface area contributed by atoms with E-state index in [-0.39, 0.29) is 5.91 Å². The molecule has 1 atom stereocenters. The van der Waals surface area contributed by atoms with Gasteiger partial charge in [-0.1, -0.05) is 17.7 Å². The average molecular weight is 313 g/mol. The Kier molecular flexibility index (Phi) is 5.45. The molecule has 1 aliphatic rings. The van der Waals surface area contributed by atoms with Crippen LogP contribution in [0.25, 0.3) is 0 Å². The molecule has 1 aromatic rings. The van der Waals surface area contributed by atoms with Crippen LogP contribution in [0.1, 0.15) is 12.0 Å². The Bertz CT molecular complexity index is 502. The summed E-state index contributed by atoms with van der Waals surface area (Å²) in [5.41, 5.74) is 0.289. The fraction of sp³-hybridized carbons (Fsp3) is 0.533. The molecule has 1 amide bonds. The summed E-state index contributed by atoms with van der Waals surface area (Å²) in [5, 5.41) is 6.76. The van der Waals surface area contributed by atoms with Crippen molar-refractivity contribution in [3.63, 3.8) is 0 Å². The van der Waals surface area contributed by atoms with E-state index in [0.29, 0.717) is 30.5 Å². The fourth-order valence-corrected chi connectivity index (χ4v) is 2.89. The first-order valence-electron chi connectivity index (χ1n) is 6.92. The zero-order chi connectivity index (χ0) is 15.3. The van der Waals surface area contributed by atoms with Gasteiger partial charge >= 0.3 is 0 Å². The summed E-state index contributed by atoms with van der Waals surface area (Å²) in [7, 11) is 3.20. The highest BCUT2D eigenvalue weighted by Gasteiger charge is 2.41. The highest BCUT2D eigenvalue weighted by atomic mass is 35.5. The quantitative estimate of drug-likeness (QED) is 0.837. The largest absolute Gasteiger partial charge is 0.496 e. The van der Waals surface area contributed by atoms with Gasteiger partial charge in [-0.15, -0.1) is 0 Å². The third-order valence-corrected chi connectivity index (χ3v) is 4.22. The molecule has 21 heavy (non-hydrogen) atoms. The summed E-state index contributed by atoms with van der Waals surface area (Å²) >= 11 is 6.18. The van der Waals surface area contributed by atoms with Gasteiger partial charge in [0.25, 0.3) is 0 Å². The Morgan fingerprint density at radius 3 is 2.90 bits per heavy atom. The second-order valence-corrected chi connectivity index (χ2v) is 5.65. The minimum absolute atomic E-state index is 0.0173. The highest BCUT2D eigenvalue weighted by Crippen LogP contribution is 2.28. The number of hydrogen-bond acceptors (Lipinski definition) is 4. The van der Waals surface area contributed by atoms with Crippen LogP contribution in [0.15, 0.2) is 18.2 Å². The molecule has 1 fully saturated rings. The van der Waals surface area contributed by atoms with Crippen molar-refractivity contribution in [2.24, 2.45) is 5.41 Å². The van der Waals surface area contributed by atoms with Gasteiger partial charge in [0.05, 0.1) is 19.1 Å². The van der Waals surface area contributed by atoms with E-state index in [1.807, 2.05) is 12.1 Å². The van der Waals surface area contributed by atoms with E-state index in [1.54, 1.807) is 20.3 Å². The smallest absolute Gasteiger partial charge is 0.230 e. The van der Waals surface area contributed by atoms with Crippen LogP contribution < -0.4 is 15.4 Å². The van der Waals surface area contributed by atoms with Crippen molar-refractivity contribution in [2.75, 3.05) is 33.9 Å². The van der Waals surface area contributed by atoms with Gasteiger partial charge in [0.15, 0.2) is 0 Å².